The molecule has 0 saturated carbocycles. The molecule has 0 radical (unpaired) electrons. The molecule has 0 bridgehead atoms. The molecule has 23 heavy (non-hydrogen) atoms. The third-order valence-corrected chi connectivity index (χ3v) is 3.49. The van der Waals surface area contributed by atoms with E-state index in [1.807, 2.05) is 6.07 Å². The summed E-state index contributed by atoms with van der Waals surface area (Å²) >= 11 is 0. The largest absolute Gasteiger partial charge is 0.454 e. The Bertz CT molecular complexity index is 874. The van der Waals surface area contributed by atoms with Crippen molar-refractivity contribution >= 4 is 17.8 Å². The molecule has 114 valence electrons. The molecule has 2 aliphatic rings. The maximum absolute atomic E-state index is 13.3. The lowest BCUT2D eigenvalue weighted by Crippen LogP contribution is -2.24. The molecule has 0 aliphatic carbocycles. The van der Waals surface area contributed by atoms with Gasteiger partial charge in [0, 0.05) is 5.56 Å². The molecule has 2 aromatic carbocycles. The number of aliphatic imine (C=N–C) groups is 1. The molecular formula is C17H11FN2O3. The van der Waals surface area contributed by atoms with Crippen LogP contribution in [-0.4, -0.2) is 18.5 Å². The topological polar surface area (TPSA) is 59.9 Å². The molecule has 4 rings (SSSR count). The Balaban J connectivity index is 1.67. The standard InChI is InChI=1S/C17H11FN2O3/c18-12-3-1-2-11(8-12)16-19-13(17(21)20-16)6-10-4-5-14-15(7-10)23-9-22-14/h1-8H,9H2,(H,19,20,21). The van der Waals surface area contributed by atoms with E-state index in [1.165, 1.54) is 12.1 Å². The van der Waals surface area contributed by atoms with Gasteiger partial charge in [-0.3, -0.25) is 4.79 Å². The van der Waals surface area contributed by atoms with Crippen molar-refractivity contribution in [2.75, 3.05) is 6.79 Å². The van der Waals surface area contributed by atoms with Gasteiger partial charge in [0.1, 0.15) is 17.3 Å². The van der Waals surface area contributed by atoms with E-state index in [0.29, 0.717) is 22.9 Å². The van der Waals surface area contributed by atoms with E-state index < -0.39 is 0 Å². The first-order chi connectivity index (χ1) is 11.2. The predicted molar refractivity (Wildman–Crippen MR) is 81.6 cm³/mol. The van der Waals surface area contributed by atoms with Gasteiger partial charge in [-0.25, -0.2) is 9.38 Å². The second-order valence-corrected chi connectivity index (χ2v) is 5.07. The lowest BCUT2D eigenvalue weighted by molar-refractivity contribution is -0.115. The van der Waals surface area contributed by atoms with Gasteiger partial charge >= 0.3 is 0 Å². The normalized spacial score (nSPS) is 17.3. The van der Waals surface area contributed by atoms with E-state index in [9.17, 15) is 9.18 Å². The first-order valence-corrected chi connectivity index (χ1v) is 6.96. The number of hydrogen-bond acceptors (Lipinski definition) is 4. The SMILES string of the molecule is O=C1NC(c2cccc(F)c2)=NC1=Cc1ccc2c(c1)OCO2. The van der Waals surface area contributed by atoms with Gasteiger partial charge in [-0.05, 0) is 35.9 Å². The molecule has 5 nitrogen and oxygen atoms in total. The van der Waals surface area contributed by atoms with Gasteiger partial charge in [-0.1, -0.05) is 18.2 Å². The van der Waals surface area contributed by atoms with Crippen LogP contribution in [-0.2, 0) is 4.79 Å². The van der Waals surface area contributed by atoms with Crippen molar-refractivity contribution in [3.05, 3.63) is 65.1 Å². The van der Waals surface area contributed by atoms with Crippen LogP contribution < -0.4 is 14.8 Å². The number of carbonyl (C=O) groups is 1. The predicted octanol–water partition coefficient (Wildman–Crippen LogP) is 2.47. The van der Waals surface area contributed by atoms with Crippen molar-refractivity contribution in [2.45, 2.75) is 0 Å². The van der Waals surface area contributed by atoms with Crippen LogP contribution in [0.2, 0.25) is 0 Å². The number of amidine groups is 1. The summed E-state index contributed by atoms with van der Waals surface area (Å²) in [5.41, 5.74) is 1.54. The fraction of sp³-hybridized carbons (Fsp3) is 0.0588. The third-order valence-electron chi connectivity index (χ3n) is 3.49. The van der Waals surface area contributed by atoms with Crippen molar-refractivity contribution in [1.29, 1.82) is 0 Å². The fourth-order valence-corrected chi connectivity index (χ4v) is 2.40. The number of amides is 1. The minimum atomic E-state index is -0.382. The maximum atomic E-state index is 13.3. The van der Waals surface area contributed by atoms with Crippen molar-refractivity contribution < 1.29 is 18.7 Å². The van der Waals surface area contributed by atoms with Crippen LogP contribution in [0.15, 0.2) is 53.2 Å². The molecule has 2 aliphatic heterocycles. The average Bonchev–Trinajstić information content (AvgIpc) is 3.14. The van der Waals surface area contributed by atoms with E-state index >= 15 is 0 Å². The fourth-order valence-electron chi connectivity index (χ4n) is 2.40. The van der Waals surface area contributed by atoms with Crippen LogP contribution in [0, 0.1) is 5.82 Å². The zero-order valence-corrected chi connectivity index (χ0v) is 11.9. The molecule has 1 N–H and O–H groups in total. The van der Waals surface area contributed by atoms with E-state index in [1.54, 1.807) is 30.3 Å². The number of carbonyl (C=O) groups excluding carboxylic acids is 1. The average molecular weight is 310 g/mol. The second kappa shape index (κ2) is 5.24. The Kier molecular flexibility index (Phi) is 3.08. The Labute approximate surface area is 131 Å². The van der Waals surface area contributed by atoms with E-state index in [0.717, 1.165) is 5.56 Å². The smallest absolute Gasteiger partial charge is 0.275 e. The lowest BCUT2D eigenvalue weighted by Gasteiger charge is -1.99. The zero-order valence-electron chi connectivity index (χ0n) is 11.9. The summed E-state index contributed by atoms with van der Waals surface area (Å²) in [6.45, 7) is 0.192. The molecule has 0 aromatic heterocycles. The van der Waals surface area contributed by atoms with Crippen LogP contribution >= 0.6 is 0 Å². The number of ether oxygens (including phenoxy) is 2. The Morgan fingerprint density at radius 1 is 1.13 bits per heavy atom. The van der Waals surface area contributed by atoms with Gasteiger partial charge in [0.05, 0.1) is 0 Å². The molecule has 0 saturated heterocycles. The number of hydrogen-bond donors (Lipinski definition) is 1. The highest BCUT2D eigenvalue weighted by Gasteiger charge is 2.22. The quantitative estimate of drug-likeness (QED) is 0.867. The monoisotopic (exact) mass is 310 g/mol. The van der Waals surface area contributed by atoms with Gasteiger partial charge in [0.15, 0.2) is 11.5 Å². The lowest BCUT2D eigenvalue weighted by atomic mass is 10.1. The van der Waals surface area contributed by atoms with Gasteiger partial charge < -0.3 is 14.8 Å². The van der Waals surface area contributed by atoms with Crippen LogP contribution in [0.5, 0.6) is 11.5 Å². The minimum absolute atomic E-state index is 0.192. The van der Waals surface area contributed by atoms with E-state index in [4.69, 9.17) is 9.47 Å². The summed E-state index contributed by atoms with van der Waals surface area (Å²) in [5, 5.41) is 2.64. The van der Waals surface area contributed by atoms with Crippen LogP contribution in [0.3, 0.4) is 0 Å². The molecular weight excluding hydrogens is 299 g/mol. The van der Waals surface area contributed by atoms with Gasteiger partial charge in [-0.15, -0.1) is 0 Å². The summed E-state index contributed by atoms with van der Waals surface area (Å²) in [6.07, 6.45) is 1.64. The second-order valence-electron chi connectivity index (χ2n) is 5.07. The van der Waals surface area contributed by atoms with Crippen molar-refractivity contribution in [3.8, 4) is 11.5 Å². The number of benzene rings is 2. The number of rotatable bonds is 2. The summed E-state index contributed by atoms with van der Waals surface area (Å²) in [7, 11) is 0. The van der Waals surface area contributed by atoms with Crippen molar-refractivity contribution in [3.63, 3.8) is 0 Å². The molecule has 0 spiro atoms. The zero-order chi connectivity index (χ0) is 15.8. The summed E-state index contributed by atoms with van der Waals surface area (Å²) in [5.74, 6) is 0.926. The van der Waals surface area contributed by atoms with Crippen molar-refractivity contribution in [2.24, 2.45) is 4.99 Å². The summed E-state index contributed by atoms with van der Waals surface area (Å²) < 4.78 is 23.8. The Hall–Kier alpha value is -3.15. The number of halogens is 1. The van der Waals surface area contributed by atoms with Crippen LogP contribution in [0.25, 0.3) is 6.08 Å². The van der Waals surface area contributed by atoms with E-state index in [2.05, 4.69) is 10.3 Å². The van der Waals surface area contributed by atoms with Gasteiger partial charge in [0.2, 0.25) is 6.79 Å². The molecule has 2 aromatic rings. The first-order valence-electron chi connectivity index (χ1n) is 6.96. The molecule has 0 unspecified atom stereocenters. The van der Waals surface area contributed by atoms with Crippen LogP contribution in [0.1, 0.15) is 11.1 Å². The maximum Gasteiger partial charge on any atom is 0.275 e. The third kappa shape index (κ3) is 2.55. The van der Waals surface area contributed by atoms with Crippen molar-refractivity contribution in [1.82, 2.24) is 5.32 Å². The number of fused-ring (bicyclic) bond motifs is 1. The first kappa shape index (κ1) is 13.5. The number of nitrogens with one attached hydrogen (secondary N) is 1. The highest BCUT2D eigenvalue weighted by atomic mass is 19.1. The highest BCUT2D eigenvalue weighted by molar-refractivity contribution is 6.19. The highest BCUT2D eigenvalue weighted by Crippen LogP contribution is 2.33. The summed E-state index contributed by atoms with van der Waals surface area (Å²) in [4.78, 5) is 16.3. The Morgan fingerprint density at radius 3 is 2.87 bits per heavy atom. The van der Waals surface area contributed by atoms with Gasteiger partial charge in [-0.2, -0.15) is 0 Å². The van der Waals surface area contributed by atoms with Crippen LogP contribution in [0.4, 0.5) is 4.39 Å². The minimum Gasteiger partial charge on any atom is -0.454 e. The summed E-state index contributed by atoms with van der Waals surface area (Å²) in [6, 6.07) is 11.3. The Morgan fingerprint density at radius 2 is 2.00 bits per heavy atom. The molecule has 2 heterocycles. The van der Waals surface area contributed by atoms with E-state index in [-0.39, 0.29) is 24.2 Å². The molecule has 0 fully saturated rings. The number of nitrogens with zero attached hydrogens (tertiary/aromatic N) is 1. The molecule has 6 heteroatoms. The molecule has 1 amide bonds. The molecule has 0 atom stereocenters. The van der Waals surface area contributed by atoms with Gasteiger partial charge in [0.25, 0.3) is 5.91 Å².